The fourth-order valence-corrected chi connectivity index (χ4v) is 3.83. The van der Waals surface area contributed by atoms with Crippen LogP contribution < -0.4 is 5.32 Å². The van der Waals surface area contributed by atoms with Crippen LogP contribution in [0.5, 0.6) is 0 Å². The van der Waals surface area contributed by atoms with Crippen LogP contribution in [0.25, 0.3) is 0 Å². The number of hydrogen-bond donors (Lipinski definition) is 1. The van der Waals surface area contributed by atoms with Crippen molar-refractivity contribution < 1.29 is 9.21 Å². The van der Waals surface area contributed by atoms with Gasteiger partial charge in [0.1, 0.15) is 16.9 Å². The average Bonchev–Trinajstić information content (AvgIpc) is 3.16. The summed E-state index contributed by atoms with van der Waals surface area (Å²) in [5.74, 6) is 2.64. The van der Waals surface area contributed by atoms with E-state index in [1.807, 2.05) is 48.2 Å². The number of para-hydroxylation sites is 1. The minimum Gasteiger partial charge on any atom is -0.463 e. The third-order valence-corrected chi connectivity index (χ3v) is 5.02. The van der Waals surface area contributed by atoms with Crippen molar-refractivity contribution in [3.05, 3.63) is 53.5 Å². The van der Waals surface area contributed by atoms with Crippen molar-refractivity contribution in [2.75, 3.05) is 17.6 Å². The third-order valence-electron chi connectivity index (χ3n) is 3.80. The molecule has 22 heavy (non-hydrogen) atoms. The van der Waals surface area contributed by atoms with E-state index in [0.29, 0.717) is 0 Å². The Hall–Kier alpha value is -1.88. The molecule has 1 aromatic carbocycles. The summed E-state index contributed by atoms with van der Waals surface area (Å²) >= 11 is 1.74. The zero-order chi connectivity index (χ0) is 15.5. The molecule has 0 aliphatic carbocycles. The smallest absolute Gasteiger partial charge is 0.323 e. The van der Waals surface area contributed by atoms with Gasteiger partial charge >= 0.3 is 6.03 Å². The maximum Gasteiger partial charge on any atom is 0.323 e. The second kappa shape index (κ2) is 6.48. The van der Waals surface area contributed by atoms with Gasteiger partial charge in [0.05, 0.1) is 0 Å². The largest absolute Gasteiger partial charge is 0.463 e. The molecule has 0 bridgehead atoms. The Labute approximate surface area is 134 Å². The maximum absolute atomic E-state index is 12.6. The van der Waals surface area contributed by atoms with Crippen LogP contribution in [0.2, 0.25) is 0 Å². The zero-order valence-electron chi connectivity index (χ0n) is 12.8. The SMILES string of the molecule is CCc1ccccc1NC(=O)N1CCS[C@H]1c1ccc(C)o1. The summed E-state index contributed by atoms with van der Waals surface area (Å²) in [6.07, 6.45) is 0.895. The van der Waals surface area contributed by atoms with E-state index < -0.39 is 0 Å². The molecule has 1 saturated heterocycles. The summed E-state index contributed by atoms with van der Waals surface area (Å²) in [6.45, 7) is 4.74. The van der Waals surface area contributed by atoms with Gasteiger partial charge in [-0.2, -0.15) is 0 Å². The minimum absolute atomic E-state index is 0.0394. The molecule has 5 heteroatoms. The van der Waals surface area contributed by atoms with Gasteiger partial charge < -0.3 is 14.6 Å². The maximum atomic E-state index is 12.6. The van der Waals surface area contributed by atoms with Gasteiger partial charge in [0.15, 0.2) is 0 Å². The highest BCUT2D eigenvalue weighted by molar-refractivity contribution is 7.99. The third kappa shape index (κ3) is 2.99. The van der Waals surface area contributed by atoms with Crippen molar-refractivity contribution in [2.45, 2.75) is 25.6 Å². The number of nitrogens with zero attached hydrogens (tertiary/aromatic N) is 1. The lowest BCUT2D eigenvalue weighted by atomic mass is 10.1. The molecule has 0 radical (unpaired) electrons. The van der Waals surface area contributed by atoms with Crippen LogP contribution in [-0.4, -0.2) is 23.2 Å². The van der Waals surface area contributed by atoms with Crippen LogP contribution in [0.3, 0.4) is 0 Å². The molecule has 2 heterocycles. The lowest BCUT2D eigenvalue weighted by molar-refractivity contribution is 0.209. The first-order chi connectivity index (χ1) is 10.7. The van der Waals surface area contributed by atoms with Crippen LogP contribution in [-0.2, 0) is 6.42 Å². The number of thioether (sulfide) groups is 1. The number of aryl methyl sites for hydroxylation is 2. The molecular weight excluding hydrogens is 296 g/mol. The number of urea groups is 1. The van der Waals surface area contributed by atoms with E-state index in [0.717, 1.165) is 41.5 Å². The zero-order valence-corrected chi connectivity index (χ0v) is 13.7. The van der Waals surface area contributed by atoms with Crippen molar-refractivity contribution in [3.8, 4) is 0 Å². The van der Waals surface area contributed by atoms with Gasteiger partial charge in [-0.05, 0) is 37.1 Å². The monoisotopic (exact) mass is 316 g/mol. The van der Waals surface area contributed by atoms with Crippen LogP contribution in [0.4, 0.5) is 10.5 Å². The topological polar surface area (TPSA) is 45.5 Å². The molecule has 1 N–H and O–H groups in total. The molecule has 4 nitrogen and oxygen atoms in total. The number of carbonyl (C=O) groups is 1. The minimum atomic E-state index is -0.0649. The molecule has 0 spiro atoms. The van der Waals surface area contributed by atoms with Crippen molar-refractivity contribution in [1.29, 1.82) is 0 Å². The second-order valence-corrected chi connectivity index (χ2v) is 6.49. The van der Waals surface area contributed by atoms with Crippen LogP contribution in [0, 0.1) is 6.92 Å². The quantitative estimate of drug-likeness (QED) is 0.911. The number of hydrogen-bond acceptors (Lipinski definition) is 3. The predicted octanol–water partition coefficient (Wildman–Crippen LogP) is 4.43. The van der Waals surface area contributed by atoms with Crippen molar-refractivity contribution in [3.63, 3.8) is 0 Å². The van der Waals surface area contributed by atoms with Crippen molar-refractivity contribution in [2.24, 2.45) is 0 Å². The Morgan fingerprint density at radius 1 is 1.36 bits per heavy atom. The molecule has 1 atom stereocenters. The van der Waals surface area contributed by atoms with E-state index in [1.54, 1.807) is 11.8 Å². The van der Waals surface area contributed by atoms with E-state index in [9.17, 15) is 4.79 Å². The highest BCUT2D eigenvalue weighted by Gasteiger charge is 2.33. The van der Waals surface area contributed by atoms with Gasteiger partial charge in [0.25, 0.3) is 0 Å². The molecule has 0 unspecified atom stereocenters. The molecule has 1 fully saturated rings. The van der Waals surface area contributed by atoms with Crippen molar-refractivity contribution >= 4 is 23.5 Å². The lowest BCUT2D eigenvalue weighted by Crippen LogP contribution is -2.34. The van der Waals surface area contributed by atoms with Gasteiger partial charge in [-0.1, -0.05) is 25.1 Å². The highest BCUT2D eigenvalue weighted by Crippen LogP contribution is 2.38. The fraction of sp³-hybridized carbons (Fsp3) is 0.353. The summed E-state index contributed by atoms with van der Waals surface area (Å²) in [6, 6.07) is 11.8. The molecule has 116 valence electrons. The molecular formula is C17H20N2O2S. The summed E-state index contributed by atoms with van der Waals surface area (Å²) in [4.78, 5) is 14.5. The number of anilines is 1. The Kier molecular flexibility index (Phi) is 4.43. The highest BCUT2D eigenvalue weighted by atomic mass is 32.2. The Bertz CT molecular complexity index is 668. The van der Waals surface area contributed by atoms with E-state index in [1.165, 1.54) is 0 Å². The molecule has 2 aromatic rings. The summed E-state index contributed by atoms with van der Waals surface area (Å²) in [5.41, 5.74) is 2.04. The van der Waals surface area contributed by atoms with Crippen LogP contribution in [0.15, 0.2) is 40.8 Å². The van der Waals surface area contributed by atoms with E-state index in [4.69, 9.17) is 4.42 Å². The first-order valence-corrected chi connectivity index (χ1v) is 8.57. The molecule has 3 rings (SSSR count). The molecule has 0 saturated carbocycles. The van der Waals surface area contributed by atoms with Gasteiger partial charge in [-0.15, -0.1) is 11.8 Å². The second-order valence-electron chi connectivity index (χ2n) is 5.31. The van der Waals surface area contributed by atoms with Crippen LogP contribution >= 0.6 is 11.8 Å². The van der Waals surface area contributed by atoms with E-state index >= 15 is 0 Å². The van der Waals surface area contributed by atoms with E-state index in [-0.39, 0.29) is 11.4 Å². The standard InChI is InChI=1S/C17H20N2O2S/c1-3-13-6-4-5-7-14(13)18-17(20)19-10-11-22-16(19)15-9-8-12(2)21-15/h4-9,16H,3,10-11H2,1-2H3,(H,18,20)/t16-/m0/s1. The average molecular weight is 316 g/mol. The first kappa shape index (κ1) is 15.0. The summed E-state index contributed by atoms with van der Waals surface area (Å²) in [5, 5.41) is 3.00. The summed E-state index contributed by atoms with van der Waals surface area (Å²) < 4.78 is 5.70. The van der Waals surface area contributed by atoms with Gasteiger partial charge in [0, 0.05) is 18.0 Å². The Morgan fingerprint density at radius 3 is 2.91 bits per heavy atom. The van der Waals surface area contributed by atoms with Gasteiger partial charge in [-0.3, -0.25) is 0 Å². The van der Waals surface area contributed by atoms with Crippen molar-refractivity contribution in [1.82, 2.24) is 4.90 Å². The number of nitrogens with one attached hydrogen (secondary N) is 1. The summed E-state index contributed by atoms with van der Waals surface area (Å²) in [7, 11) is 0. The van der Waals surface area contributed by atoms with E-state index in [2.05, 4.69) is 12.2 Å². The first-order valence-electron chi connectivity index (χ1n) is 7.52. The normalized spacial score (nSPS) is 17.7. The number of furan rings is 1. The number of carbonyl (C=O) groups excluding carboxylic acids is 1. The number of benzene rings is 1. The Balaban J connectivity index is 1.76. The Morgan fingerprint density at radius 2 is 2.18 bits per heavy atom. The molecule has 1 aromatic heterocycles. The fourth-order valence-electron chi connectivity index (χ4n) is 2.64. The van der Waals surface area contributed by atoms with Crippen LogP contribution in [0.1, 0.15) is 29.4 Å². The van der Waals surface area contributed by atoms with Gasteiger partial charge in [-0.25, -0.2) is 4.79 Å². The lowest BCUT2D eigenvalue weighted by Gasteiger charge is -2.23. The number of amides is 2. The molecule has 1 aliphatic heterocycles. The molecule has 1 aliphatic rings. The van der Waals surface area contributed by atoms with Gasteiger partial charge in [0.2, 0.25) is 0 Å². The molecule has 2 amide bonds. The number of rotatable bonds is 3. The predicted molar refractivity (Wildman–Crippen MR) is 90.2 cm³/mol.